The molecule has 2 N–H and O–H groups in total. The number of unbranched alkanes of at least 4 members (excludes halogenated alkanes) is 1. The second-order valence-corrected chi connectivity index (χ2v) is 18.2. The fourth-order valence-electron chi connectivity index (χ4n) is 8.93. The molecule has 0 aliphatic carbocycles. The van der Waals surface area contributed by atoms with Crippen LogP contribution in [-0.2, 0) is 38.3 Å². The van der Waals surface area contributed by atoms with Gasteiger partial charge in [-0.1, -0.05) is 149 Å². The van der Waals surface area contributed by atoms with Gasteiger partial charge in [-0.2, -0.15) is 4.58 Å². The van der Waals surface area contributed by atoms with Crippen LogP contribution in [0, 0.1) is 5.92 Å². The summed E-state index contributed by atoms with van der Waals surface area (Å²) in [6.45, 7) is 15.1. The molecule has 2 heterocycles. The Morgan fingerprint density at radius 2 is 1.37 bits per heavy atom. The Bertz CT molecular complexity index is 2330. The molecule has 2 aliphatic heterocycles. The highest BCUT2D eigenvalue weighted by Crippen LogP contribution is 2.47. The predicted molar refractivity (Wildman–Crippen MR) is 258 cm³/mol. The largest absolute Gasteiger partial charge is 0.351 e. The first kappa shape index (κ1) is 46.2. The van der Waals surface area contributed by atoms with Crippen molar-refractivity contribution in [3.63, 3.8) is 0 Å². The van der Waals surface area contributed by atoms with Gasteiger partial charge in [0.25, 0.3) is 0 Å². The number of amides is 3. The summed E-state index contributed by atoms with van der Waals surface area (Å²) in [4.78, 5) is 44.3. The van der Waals surface area contributed by atoms with E-state index in [1.54, 1.807) is 11.0 Å². The quantitative estimate of drug-likeness (QED) is 0.0426. The molecule has 0 spiro atoms. The Kier molecular flexibility index (Phi) is 15.6. The summed E-state index contributed by atoms with van der Waals surface area (Å²) in [5.41, 5.74) is 9.39. The zero-order valence-electron chi connectivity index (χ0n) is 38.3. The molecule has 0 radical (unpaired) electrons. The molecule has 0 bridgehead atoms. The molecule has 0 unspecified atom stereocenters. The fourth-order valence-corrected chi connectivity index (χ4v) is 8.93. The highest BCUT2D eigenvalue weighted by molar-refractivity contribution is 6.03. The maximum absolute atomic E-state index is 13.4. The molecular weight excluding hydrogens is 779 g/mol. The van der Waals surface area contributed by atoms with Gasteiger partial charge in [-0.25, -0.2) is 0 Å². The first-order chi connectivity index (χ1) is 30.3. The summed E-state index contributed by atoms with van der Waals surface area (Å²) in [7, 11) is 2.14. The minimum Gasteiger partial charge on any atom is -0.351 e. The van der Waals surface area contributed by atoms with Crippen LogP contribution < -0.4 is 15.5 Å². The lowest BCUT2D eigenvalue weighted by atomic mass is 9.81. The summed E-state index contributed by atoms with van der Waals surface area (Å²) >= 11 is 0. The maximum atomic E-state index is 13.4. The molecule has 8 heteroatoms. The molecule has 2 aliphatic rings. The van der Waals surface area contributed by atoms with Crippen molar-refractivity contribution in [2.24, 2.45) is 5.92 Å². The first-order valence-electron chi connectivity index (χ1n) is 22.5. The van der Waals surface area contributed by atoms with Gasteiger partial charge in [0, 0.05) is 73.2 Å². The summed E-state index contributed by atoms with van der Waals surface area (Å²) < 4.78 is 2.29. The van der Waals surface area contributed by atoms with Crippen LogP contribution in [0.5, 0.6) is 0 Å². The number of carbonyl (C=O) groups excluding carboxylic acids is 3. The van der Waals surface area contributed by atoms with Crippen LogP contribution in [0.25, 0.3) is 0 Å². The zero-order chi connectivity index (χ0) is 45.0. The van der Waals surface area contributed by atoms with Gasteiger partial charge in [0.1, 0.15) is 13.1 Å². The van der Waals surface area contributed by atoms with E-state index >= 15 is 0 Å². The molecule has 63 heavy (non-hydrogen) atoms. The Morgan fingerprint density at radius 1 is 0.746 bits per heavy atom. The van der Waals surface area contributed by atoms with Crippen molar-refractivity contribution in [1.82, 2.24) is 15.5 Å². The minimum absolute atomic E-state index is 0.0749. The molecule has 0 aromatic heterocycles. The third-order valence-corrected chi connectivity index (χ3v) is 12.3. The van der Waals surface area contributed by atoms with Crippen molar-refractivity contribution in [1.29, 1.82) is 0 Å². The molecule has 3 amide bonds. The minimum atomic E-state index is -0.662. The van der Waals surface area contributed by atoms with Gasteiger partial charge in [-0.15, -0.1) is 0 Å². The molecule has 4 aromatic rings. The van der Waals surface area contributed by atoms with E-state index in [2.05, 4.69) is 134 Å². The summed E-state index contributed by atoms with van der Waals surface area (Å²) in [5.74, 6) is -0.332. The van der Waals surface area contributed by atoms with Crippen LogP contribution in [0.15, 0.2) is 157 Å². The van der Waals surface area contributed by atoms with Crippen LogP contribution in [0.3, 0.4) is 0 Å². The van der Waals surface area contributed by atoms with Gasteiger partial charge < -0.3 is 20.4 Å². The van der Waals surface area contributed by atoms with E-state index in [9.17, 15) is 14.4 Å². The molecular formula is C55H66N5O3+. The summed E-state index contributed by atoms with van der Waals surface area (Å²) in [6, 6.07) is 36.4. The predicted octanol–water partition coefficient (Wildman–Crippen LogP) is 10.1. The van der Waals surface area contributed by atoms with Gasteiger partial charge in [-0.3, -0.25) is 14.4 Å². The number of allylic oxidation sites excluding steroid dienone is 6. The van der Waals surface area contributed by atoms with Crippen LogP contribution >= 0.6 is 0 Å². The zero-order valence-corrected chi connectivity index (χ0v) is 38.3. The molecule has 0 saturated heterocycles. The number of carbonyl (C=O) groups is 3. The third kappa shape index (κ3) is 11.6. The second kappa shape index (κ2) is 21.2. The molecule has 0 saturated carbocycles. The van der Waals surface area contributed by atoms with E-state index in [1.807, 2.05) is 74.5 Å². The van der Waals surface area contributed by atoms with Crippen molar-refractivity contribution in [2.45, 2.75) is 97.2 Å². The molecule has 4 aromatic carbocycles. The monoisotopic (exact) mass is 845 g/mol. The van der Waals surface area contributed by atoms with Crippen LogP contribution in [0.2, 0.25) is 0 Å². The lowest BCUT2D eigenvalue weighted by Crippen LogP contribution is -2.47. The van der Waals surface area contributed by atoms with Gasteiger partial charge in [-0.05, 0) is 67.9 Å². The van der Waals surface area contributed by atoms with Gasteiger partial charge >= 0.3 is 0 Å². The van der Waals surface area contributed by atoms with Crippen LogP contribution in [0.4, 0.5) is 11.4 Å². The molecule has 6 rings (SSSR count). The topological polar surface area (TPSA) is 84.8 Å². The standard InChI is InChI=1S/C55H65N5O3/c1-41(2)38-46(53(63)56-36-23-35-52(62)59(39-42-24-11-8-12-25-42)40-43-26-13-9-14-27-43)57-51(61)34-21-22-37-60-48-31-20-18-29-45(48)55(5,6)50(60)33-16-10-15-32-49-54(3,4)44-28-17-19-30-47(44)58(49)7/h8-20,23-33,35,41,46H,21-22,34,36-40H2,1-7H3,(H-,56,57,61,63)/p+1/b35-23+/t46-/m1/s1. The number of para-hydroxylation sites is 2. The molecule has 8 nitrogen and oxygen atoms in total. The Labute approximate surface area is 375 Å². The second-order valence-electron chi connectivity index (χ2n) is 18.2. The number of nitrogens with one attached hydrogen (secondary N) is 2. The summed E-state index contributed by atoms with van der Waals surface area (Å²) in [5, 5.41) is 5.94. The Hall–Kier alpha value is -6.28. The van der Waals surface area contributed by atoms with Crippen molar-refractivity contribution in [3.05, 3.63) is 180 Å². The number of benzene rings is 4. The number of hydrogen-bond donors (Lipinski definition) is 2. The van der Waals surface area contributed by atoms with Crippen molar-refractivity contribution >= 4 is 34.8 Å². The number of nitrogens with zero attached hydrogens (tertiary/aromatic N) is 3. The lowest BCUT2D eigenvalue weighted by molar-refractivity contribution is -0.401. The van der Waals surface area contributed by atoms with Gasteiger partial charge in [0.15, 0.2) is 5.71 Å². The van der Waals surface area contributed by atoms with E-state index in [1.165, 1.54) is 40.0 Å². The van der Waals surface area contributed by atoms with Crippen molar-refractivity contribution in [3.8, 4) is 0 Å². The van der Waals surface area contributed by atoms with Crippen LogP contribution in [-0.4, -0.2) is 59.1 Å². The fraction of sp³-hybridized carbons (Fsp3) is 0.345. The average molecular weight is 845 g/mol. The normalized spacial score (nSPS) is 16.3. The molecule has 0 fully saturated rings. The van der Waals surface area contributed by atoms with Crippen LogP contribution in [0.1, 0.15) is 89.5 Å². The third-order valence-electron chi connectivity index (χ3n) is 12.3. The van der Waals surface area contributed by atoms with E-state index in [-0.39, 0.29) is 41.0 Å². The number of rotatable bonds is 19. The van der Waals surface area contributed by atoms with Crippen molar-refractivity contribution < 1.29 is 19.0 Å². The van der Waals surface area contributed by atoms with E-state index in [4.69, 9.17) is 0 Å². The van der Waals surface area contributed by atoms with Gasteiger partial charge in [0.05, 0.1) is 5.41 Å². The number of anilines is 1. The Morgan fingerprint density at radius 3 is 2.02 bits per heavy atom. The van der Waals surface area contributed by atoms with E-state index < -0.39 is 6.04 Å². The van der Waals surface area contributed by atoms with Gasteiger partial charge in [0.2, 0.25) is 23.4 Å². The first-order valence-corrected chi connectivity index (χ1v) is 22.5. The van der Waals surface area contributed by atoms with Crippen molar-refractivity contribution in [2.75, 3.05) is 25.0 Å². The highest BCUT2D eigenvalue weighted by atomic mass is 16.2. The molecule has 1 atom stereocenters. The lowest BCUT2D eigenvalue weighted by Gasteiger charge is -2.27. The average Bonchev–Trinajstić information content (AvgIpc) is 3.60. The maximum Gasteiger partial charge on any atom is 0.246 e. The summed E-state index contributed by atoms with van der Waals surface area (Å²) in [6.07, 6.45) is 16.4. The smallest absolute Gasteiger partial charge is 0.246 e. The SMILES string of the molecule is CC(C)C[C@@H](NC(=O)CCCCN1/C(=C/C=C/C=C/C2=[N+](C)c3ccccc3C2(C)C)C(C)(C)c2ccccc21)C(=O)NC/C=C/C(=O)N(Cc1ccccc1)Cc1ccccc1. The number of fused-ring (bicyclic) bond motifs is 2. The number of hydrogen-bond acceptors (Lipinski definition) is 4. The molecule has 328 valence electrons. The van der Waals surface area contributed by atoms with E-state index in [0.29, 0.717) is 32.4 Å². The Balaban J connectivity index is 1.02. The highest BCUT2D eigenvalue weighted by Gasteiger charge is 2.42. The van der Waals surface area contributed by atoms with E-state index in [0.717, 1.165) is 24.1 Å².